The van der Waals surface area contributed by atoms with Crippen molar-refractivity contribution >= 4 is 12.1 Å². The number of amides is 1. The second-order valence-electron chi connectivity index (χ2n) is 13.7. The Morgan fingerprint density at radius 3 is 2.51 bits per heavy atom. The van der Waals surface area contributed by atoms with Crippen molar-refractivity contribution in [1.82, 2.24) is 29.4 Å². The first kappa shape index (κ1) is 31.7. The number of halogens is 3. The largest absolute Gasteiger partial charge is 0.338 e. The number of likely N-dealkylation sites (tertiary alicyclic amines) is 1. The molecule has 7 rings (SSSR count). The fourth-order valence-electron chi connectivity index (χ4n) is 7.51. The van der Waals surface area contributed by atoms with Gasteiger partial charge in [-0.2, -0.15) is 0 Å². The van der Waals surface area contributed by atoms with Gasteiger partial charge < -0.3 is 15.1 Å². The first-order chi connectivity index (χ1) is 21.6. The molecule has 2 saturated heterocycles. The molecule has 2 aliphatic carbocycles. The standard InChI is InChI=1S/C18H23FN4O.C16H20F2N2O/c1-21-8-9-22(18(13-21)6-2-3-7-18)11-14-10-20-16-5-4-15(19)12-23(16)17(14)24;1-16(5-6-16)19-12-4-7-20(10-21)15(9-12)13-8-11(17)2-3-14(13)18/h4-5,10,12H,2-3,6-9,11,13H2,1H3;2-3,8,10,12,15,19H,4-7,9H2,1H3. The van der Waals surface area contributed by atoms with Crippen molar-refractivity contribution in [1.29, 1.82) is 0 Å². The predicted molar refractivity (Wildman–Crippen MR) is 166 cm³/mol. The smallest absolute Gasteiger partial charge is 0.262 e. The van der Waals surface area contributed by atoms with E-state index in [0.717, 1.165) is 57.4 Å². The molecular weight excluding hydrogens is 581 g/mol. The van der Waals surface area contributed by atoms with E-state index in [2.05, 4.69) is 34.1 Å². The molecule has 45 heavy (non-hydrogen) atoms. The topological polar surface area (TPSA) is 73.2 Å². The van der Waals surface area contributed by atoms with Gasteiger partial charge >= 0.3 is 0 Å². The number of piperidine rings is 1. The highest BCUT2D eigenvalue weighted by molar-refractivity contribution is 5.49. The van der Waals surface area contributed by atoms with E-state index in [0.29, 0.717) is 30.7 Å². The maximum absolute atomic E-state index is 14.0. The van der Waals surface area contributed by atoms with Crippen molar-refractivity contribution in [2.24, 2.45) is 0 Å². The van der Waals surface area contributed by atoms with Crippen LogP contribution >= 0.6 is 0 Å². The van der Waals surface area contributed by atoms with Crippen LogP contribution in [-0.2, 0) is 11.3 Å². The van der Waals surface area contributed by atoms with E-state index in [1.807, 2.05) is 0 Å². The van der Waals surface area contributed by atoms with Gasteiger partial charge in [0.15, 0.2) is 0 Å². The van der Waals surface area contributed by atoms with E-state index in [9.17, 15) is 22.8 Å². The van der Waals surface area contributed by atoms with Gasteiger partial charge in [-0.25, -0.2) is 18.2 Å². The predicted octanol–water partition coefficient (Wildman–Crippen LogP) is 4.66. The fraction of sp³-hybridized carbons (Fsp3) is 0.559. The number of hydrogen-bond acceptors (Lipinski definition) is 6. The van der Waals surface area contributed by atoms with Crippen LogP contribution in [0.5, 0.6) is 0 Å². The molecule has 0 bridgehead atoms. The van der Waals surface area contributed by atoms with Gasteiger partial charge in [0.05, 0.1) is 11.6 Å². The van der Waals surface area contributed by atoms with E-state index in [-0.39, 0.29) is 28.2 Å². The van der Waals surface area contributed by atoms with Crippen molar-refractivity contribution in [3.63, 3.8) is 0 Å². The first-order valence-electron chi connectivity index (χ1n) is 16.1. The molecule has 3 aromatic rings. The molecular formula is C34H43F3N6O2. The Morgan fingerprint density at radius 2 is 1.78 bits per heavy atom. The van der Waals surface area contributed by atoms with Crippen LogP contribution < -0.4 is 10.9 Å². The Hall–Kier alpha value is -3.28. The maximum atomic E-state index is 14.0. The molecule has 242 valence electrons. The fourth-order valence-corrected chi connectivity index (χ4v) is 7.51. The Kier molecular flexibility index (Phi) is 9.05. The Balaban J connectivity index is 0.000000160. The monoisotopic (exact) mass is 624 g/mol. The average molecular weight is 625 g/mol. The maximum Gasteiger partial charge on any atom is 0.262 e. The summed E-state index contributed by atoms with van der Waals surface area (Å²) in [5, 5.41) is 3.59. The van der Waals surface area contributed by atoms with Crippen LogP contribution in [0.25, 0.3) is 5.65 Å². The molecule has 2 unspecified atom stereocenters. The molecule has 4 heterocycles. The number of nitrogens with one attached hydrogen (secondary N) is 1. The SMILES string of the molecule is CC1(NC2CCN(C=O)C(c3cc(F)ccc3F)C2)CC1.CN1CCN(Cc2cnc3ccc(F)cn3c2=O)C2(CCCC2)C1. The van der Waals surface area contributed by atoms with Gasteiger partial charge in [0, 0.05) is 67.8 Å². The van der Waals surface area contributed by atoms with Crippen molar-refractivity contribution in [2.45, 2.75) is 88.0 Å². The van der Waals surface area contributed by atoms with Gasteiger partial charge in [0.1, 0.15) is 23.1 Å². The van der Waals surface area contributed by atoms with E-state index >= 15 is 0 Å². The van der Waals surface area contributed by atoms with E-state index in [1.165, 1.54) is 54.5 Å². The summed E-state index contributed by atoms with van der Waals surface area (Å²) < 4.78 is 42.2. The van der Waals surface area contributed by atoms with Crippen LogP contribution in [0.4, 0.5) is 13.2 Å². The molecule has 2 aliphatic heterocycles. The first-order valence-corrected chi connectivity index (χ1v) is 16.1. The van der Waals surface area contributed by atoms with Gasteiger partial charge in [-0.3, -0.25) is 18.9 Å². The van der Waals surface area contributed by atoms with Crippen molar-refractivity contribution < 1.29 is 18.0 Å². The second-order valence-corrected chi connectivity index (χ2v) is 13.7. The lowest BCUT2D eigenvalue weighted by Gasteiger charge is -2.48. The minimum absolute atomic E-state index is 0.161. The zero-order valence-corrected chi connectivity index (χ0v) is 26.2. The number of nitrogens with zero attached hydrogens (tertiary/aromatic N) is 5. The summed E-state index contributed by atoms with van der Waals surface area (Å²) in [7, 11) is 2.17. The average Bonchev–Trinajstić information content (AvgIpc) is 3.57. The molecule has 2 saturated carbocycles. The number of carbonyl (C=O) groups is 1. The summed E-state index contributed by atoms with van der Waals surface area (Å²) in [5.74, 6) is -1.34. The zero-order chi connectivity index (χ0) is 31.8. The number of likely N-dealkylation sites (N-methyl/N-ethyl adjacent to an activating group) is 1. The summed E-state index contributed by atoms with van der Waals surface area (Å²) >= 11 is 0. The van der Waals surface area contributed by atoms with Crippen molar-refractivity contribution in [3.8, 4) is 0 Å². The molecule has 2 atom stereocenters. The van der Waals surface area contributed by atoms with Gasteiger partial charge in [0.2, 0.25) is 6.41 Å². The van der Waals surface area contributed by atoms with Gasteiger partial charge in [-0.1, -0.05) is 12.8 Å². The minimum atomic E-state index is -0.471. The summed E-state index contributed by atoms with van der Waals surface area (Å²) in [6.45, 7) is 6.37. The molecule has 1 N–H and O–H groups in total. The molecule has 1 spiro atoms. The number of fused-ring (bicyclic) bond motifs is 1. The molecule has 4 aliphatic rings. The minimum Gasteiger partial charge on any atom is -0.338 e. The van der Waals surface area contributed by atoms with E-state index < -0.39 is 23.5 Å². The molecule has 4 fully saturated rings. The summed E-state index contributed by atoms with van der Waals surface area (Å²) in [6, 6.07) is 6.15. The van der Waals surface area contributed by atoms with Crippen LogP contribution in [0, 0.1) is 17.5 Å². The zero-order valence-electron chi connectivity index (χ0n) is 26.2. The van der Waals surface area contributed by atoms with Crippen LogP contribution in [0.1, 0.15) is 75.5 Å². The molecule has 0 radical (unpaired) electrons. The number of carbonyl (C=O) groups excluding carboxylic acids is 1. The highest BCUT2D eigenvalue weighted by Gasteiger charge is 2.43. The number of hydrogen-bond donors (Lipinski definition) is 1. The van der Waals surface area contributed by atoms with Gasteiger partial charge in [0.25, 0.3) is 5.56 Å². The molecule has 1 amide bonds. The van der Waals surface area contributed by atoms with Crippen LogP contribution in [-0.4, -0.2) is 80.8 Å². The van der Waals surface area contributed by atoms with Crippen molar-refractivity contribution in [2.75, 3.05) is 33.2 Å². The highest BCUT2D eigenvalue weighted by atomic mass is 19.1. The summed E-state index contributed by atoms with van der Waals surface area (Å²) in [6.07, 6.45) is 12.3. The van der Waals surface area contributed by atoms with Gasteiger partial charge in [-0.15, -0.1) is 0 Å². The second kappa shape index (κ2) is 12.8. The molecule has 8 nitrogen and oxygen atoms in total. The highest BCUT2D eigenvalue weighted by Crippen LogP contribution is 2.39. The summed E-state index contributed by atoms with van der Waals surface area (Å²) in [5.41, 5.74) is 1.62. The molecule has 1 aromatic carbocycles. The van der Waals surface area contributed by atoms with E-state index in [1.54, 1.807) is 11.1 Å². The lowest BCUT2D eigenvalue weighted by atomic mass is 9.91. The lowest BCUT2D eigenvalue weighted by molar-refractivity contribution is -0.122. The quantitative estimate of drug-likeness (QED) is 0.403. The van der Waals surface area contributed by atoms with E-state index in [4.69, 9.17) is 0 Å². The number of rotatable bonds is 6. The lowest BCUT2D eigenvalue weighted by Crippen LogP contribution is -2.59. The Bertz CT molecular complexity index is 1590. The molecule has 2 aromatic heterocycles. The van der Waals surface area contributed by atoms with Crippen LogP contribution in [0.15, 0.2) is 47.5 Å². The third-order valence-corrected chi connectivity index (χ3v) is 10.3. The Morgan fingerprint density at radius 1 is 1.02 bits per heavy atom. The normalized spacial score (nSPS) is 24.4. The van der Waals surface area contributed by atoms with Crippen LogP contribution in [0.3, 0.4) is 0 Å². The molecule has 11 heteroatoms. The van der Waals surface area contributed by atoms with Crippen LogP contribution in [0.2, 0.25) is 0 Å². The number of benzene rings is 1. The number of pyridine rings is 1. The van der Waals surface area contributed by atoms with Gasteiger partial charge in [-0.05, 0) is 82.8 Å². The summed E-state index contributed by atoms with van der Waals surface area (Å²) in [4.78, 5) is 34.7. The van der Waals surface area contributed by atoms with Crippen molar-refractivity contribution in [3.05, 3.63) is 81.7 Å². The third kappa shape index (κ3) is 6.95. The number of aromatic nitrogens is 2. The third-order valence-electron chi connectivity index (χ3n) is 10.3. The number of piperazine rings is 1. The Labute approximate surface area is 262 Å².